The molecule has 10 heteroatoms. The van der Waals surface area contributed by atoms with Crippen molar-refractivity contribution in [3.63, 3.8) is 0 Å². The molecular formula is C31H39N7O2S. The number of rotatable bonds is 13. The molecule has 5 heterocycles. The standard InChI is InChI=1S/C31H39N7O2S/c1-5-14-32-31(40)26-13-15-37(26)29-19-22(27(39)11-10-21(4)36(6-2)7-3)18-25(34-29)23-20-33-38-16-12-24(35-30(23)38)28-9-8-17-41-28/h8-9,12,16-21,26H,5-7,10-11,13-15H2,1-4H3,(H,32,40)/t21-,26-/m0/s1. The summed E-state index contributed by atoms with van der Waals surface area (Å²) in [6.07, 6.45) is 6.51. The predicted octanol–water partition coefficient (Wildman–Crippen LogP) is 5.32. The minimum Gasteiger partial charge on any atom is -0.354 e. The lowest BCUT2D eigenvalue weighted by Gasteiger charge is -2.41. The zero-order chi connectivity index (χ0) is 28.9. The number of carbonyl (C=O) groups is 2. The van der Waals surface area contributed by atoms with Gasteiger partial charge in [-0.05, 0) is 68.9 Å². The molecule has 4 aromatic heterocycles. The van der Waals surface area contributed by atoms with E-state index < -0.39 is 0 Å². The number of amides is 1. The zero-order valence-corrected chi connectivity index (χ0v) is 25.2. The van der Waals surface area contributed by atoms with E-state index >= 15 is 0 Å². The fourth-order valence-electron chi connectivity index (χ4n) is 5.39. The zero-order valence-electron chi connectivity index (χ0n) is 24.3. The van der Waals surface area contributed by atoms with Crippen LogP contribution in [0.25, 0.3) is 27.5 Å². The molecule has 0 spiro atoms. The number of nitrogens with one attached hydrogen (secondary N) is 1. The Labute approximate surface area is 245 Å². The van der Waals surface area contributed by atoms with Crippen molar-refractivity contribution in [1.29, 1.82) is 0 Å². The van der Waals surface area contributed by atoms with Crippen LogP contribution < -0.4 is 10.2 Å². The molecule has 0 unspecified atom stereocenters. The van der Waals surface area contributed by atoms with Gasteiger partial charge in [0.15, 0.2) is 11.4 Å². The monoisotopic (exact) mass is 573 g/mol. The first kappa shape index (κ1) is 28.9. The number of ketones is 1. The van der Waals surface area contributed by atoms with Crippen molar-refractivity contribution < 1.29 is 9.59 Å². The normalized spacial score (nSPS) is 15.7. The molecule has 0 aromatic carbocycles. The Morgan fingerprint density at radius 3 is 2.66 bits per heavy atom. The van der Waals surface area contributed by atoms with Gasteiger partial charge in [0, 0.05) is 37.3 Å². The third kappa shape index (κ3) is 6.18. The van der Waals surface area contributed by atoms with Gasteiger partial charge in [0.25, 0.3) is 0 Å². The predicted molar refractivity (Wildman–Crippen MR) is 165 cm³/mol. The van der Waals surface area contributed by atoms with Crippen LogP contribution in [0.2, 0.25) is 0 Å². The Kier molecular flexibility index (Phi) is 9.09. The van der Waals surface area contributed by atoms with Crippen LogP contribution in [0, 0.1) is 0 Å². The van der Waals surface area contributed by atoms with Crippen molar-refractivity contribution in [2.75, 3.05) is 31.1 Å². The van der Waals surface area contributed by atoms with Gasteiger partial charge in [-0.1, -0.05) is 26.8 Å². The van der Waals surface area contributed by atoms with Gasteiger partial charge in [-0.15, -0.1) is 11.3 Å². The molecule has 0 bridgehead atoms. The Hall–Kier alpha value is -3.63. The molecular weight excluding hydrogens is 534 g/mol. The average molecular weight is 574 g/mol. The molecule has 4 aromatic rings. The summed E-state index contributed by atoms with van der Waals surface area (Å²) in [4.78, 5) is 41.8. The molecule has 216 valence electrons. The number of thiophene rings is 1. The average Bonchev–Trinajstić information content (AvgIpc) is 3.65. The van der Waals surface area contributed by atoms with Crippen LogP contribution in [-0.4, -0.2) is 74.4 Å². The summed E-state index contributed by atoms with van der Waals surface area (Å²) >= 11 is 1.63. The number of nitrogens with zero attached hydrogens (tertiary/aromatic N) is 6. The number of carbonyl (C=O) groups excluding carboxylic acids is 2. The van der Waals surface area contributed by atoms with E-state index in [4.69, 9.17) is 9.97 Å². The van der Waals surface area contributed by atoms with E-state index in [0.29, 0.717) is 48.3 Å². The second-order valence-electron chi connectivity index (χ2n) is 10.5. The van der Waals surface area contributed by atoms with E-state index in [9.17, 15) is 9.59 Å². The molecule has 2 atom stereocenters. The van der Waals surface area contributed by atoms with Crippen molar-refractivity contribution in [2.45, 2.75) is 65.5 Å². The van der Waals surface area contributed by atoms with Crippen molar-refractivity contribution in [3.8, 4) is 21.8 Å². The number of hydrogen-bond donors (Lipinski definition) is 1. The lowest BCUT2D eigenvalue weighted by molar-refractivity contribution is -0.123. The number of fused-ring (bicyclic) bond motifs is 1. The van der Waals surface area contributed by atoms with Crippen LogP contribution >= 0.6 is 11.3 Å². The van der Waals surface area contributed by atoms with Crippen LogP contribution in [-0.2, 0) is 4.79 Å². The Morgan fingerprint density at radius 2 is 1.98 bits per heavy atom. The molecule has 0 radical (unpaired) electrons. The van der Waals surface area contributed by atoms with Gasteiger partial charge >= 0.3 is 0 Å². The summed E-state index contributed by atoms with van der Waals surface area (Å²) < 4.78 is 1.73. The van der Waals surface area contributed by atoms with Gasteiger partial charge in [0.1, 0.15) is 11.9 Å². The topological polar surface area (TPSA) is 95.7 Å². The third-order valence-corrected chi connectivity index (χ3v) is 8.84. The Bertz CT molecular complexity index is 1500. The fraction of sp³-hybridized carbons (Fsp3) is 0.452. The van der Waals surface area contributed by atoms with Gasteiger partial charge in [-0.3, -0.25) is 9.59 Å². The summed E-state index contributed by atoms with van der Waals surface area (Å²) in [5.74, 6) is 0.717. The van der Waals surface area contributed by atoms with Crippen molar-refractivity contribution in [2.24, 2.45) is 0 Å². The van der Waals surface area contributed by atoms with Crippen LogP contribution in [0.15, 0.2) is 48.1 Å². The van der Waals surface area contributed by atoms with E-state index in [2.05, 4.69) is 36.1 Å². The number of pyridine rings is 1. The molecule has 5 rings (SSSR count). The highest BCUT2D eigenvalue weighted by molar-refractivity contribution is 7.13. The summed E-state index contributed by atoms with van der Waals surface area (Å²) in [5.41, 5.74) is 3.53. The van der Waals surface area contributed by atoms with Crippen molar-refractivity contribution in [1.82, 2.24) is 29.8 Å². The maximum absolute atomic E-state index is 13.6. The lowest BCUT2D eigenvalue weighted by atomic mass is 9.99. The number of aromatic nitrogens is 4. The van der Waals surface area contributed by atoms with E-state index in [1.807, 2.05) is 53.7 Å². The first-order valence-electron chi connectivity index (χ1n) is 14.7. The Morgan fingerprint density at radius 1 is 1.15 bits per heavy atom. The highest BCUT2D eigenvalue weighted by atomic mass is 32.1. The smallest absolute Gasteiger partial charge is 0.242 e. The molecule has 1 N–H and O–H groups in total. The van der Waals surface area contributed by atoms with E-state index in [1.54, 1.807) is 22.0 Å². The molecule has 1 amide bonds. The summed E-state index contributed by atoms with van der Waals surface area (Å²) in [6, 6.07) is 9.73. The quantitative estimate of drug-likeness (QED) is 0.216. The van der Waals surface area contributed by atoms with Crippen LogP contribution in [0.3, 0.4) is 0 Å². The van der Waals surface area contributed by atoms with Gasteiger partial charge in [0.2, 0.25) is 5.91 Å². The minimum absolute atomic E-state index is 0.00414. The number of anilines is 1. The van der Waals surface area contributed by atoms with Crippen LogP contribution in [0.4, 0.5) is 5.82 Å². The summed E-state index contributed by atoms with van der Waals surface area (Å²) in [6.45, 7) is 11.8. The second-order valence-corrected chi connectivity index (χ2v) is 11.5. The summed E-state index contributed by atoms with van der Waals surface area (Å²) in [5, 5.41) is 9.56. The highest BCUT2D eigenvalue weighted by Crippen LogP contribution is 2.32. The molecule has 1 saturated heterocycles. The molecule has 1 fully saturated rings. The van der Waals surface area contributed by atoms with E-state index in [1.165, 1.54) is 0 Å². The summed E-state index contributed by atoms with van der Waals surface area (Å²) in [7, 11) is 0. The first-order valence-corrected chi connectivity index (χ1v) is 15.5. The minimum atomic E-state index is -0.289. The molecule has 1 aliphatic rings. The number of hydrogen-bond acceptors (Lipinski definition) is 8. The van der Waals surface area contributed by atoms with Crippen LogP contribution in [0.1, 0.15) is 63.7 Å². The van der Waals surface area contributed by atoms with Gasteiger partial charge in [0.05, 0.1) is 28.0 Å². The van der Waals surface area contributed by atoms with Gasteiger partial charge in [-0.25, -0.2) is 14.5 Å². The SMILES string of the molecule is CCCNC(=O)[C@@H]1CCN1c1cc(C(=O)CC[C@H](C)N(CC)CC)cc(-c2cnn3ccc(-c4cccs4)nc23)n1. The van der Waals surface area contributed by atoms with E-state index in [-0.39, 0.29) is 17.7 Å². The van der Waals surface area contributed by atoms with E-state index in [0.717, 1.165) is 48.5 Å². The molecule has 41 heavy (non-hydrogen) atoms. The lowest BCUT2D eigenvalue weighted by Crippen LogP contribution is -2.56. The second kappa shape index (κ2) is 12.9. The molecule has 0 aliphatic carbocycles. The molecule has 1 aliphatic heterocycles. The molecule has 0 saturated carbocycles. The maximum atomic E-state index is 13.6. The van der Waals surface area contributed by atoms with Crippen molar-refractivity contribution in [3.05, 3.63) is 53.7 Å². The van der Waals surface area contributed by atoms with Gasteiger partial charge < -0.3 is 15.1 Å². The maximum Gasteiger partial charge on any atom is 0.242 e. The van der Waals surface area contributed by atoms with Crippen LogP contribution in [0.5, 0.6) is 0 Å². The van der Waals surface area contributed by atoms with Crippen molar-refractivity contribution >= 4 is 34.5 Å². The fourth-order valence-corrected chi connectivity index (χ4v) is 6.08. The highest BCUT2D eigenvalue weighted by Gasteiger charge is 2.35. The Balaban J connectivity index is 1.51. The third-order valence-electron chi connectivity index (χ3n) is 7.94. The largest absolute Gasteiger partial charge is 0.354 e. The first-order chi connectivity index (χ1) is 19.9. The molecule has 9 nitrogen and oxygen atoms in total. The number of Topliss-reactive ketones (excluding diaryl/α,β-unsaturated/α-hetero) is 1. The van der Waals surface area contributed by atoms with Gasteiger partial charge in [-0.2, -0.15) is 5.10 Å².